The van der Waals surface area contributed by atoms with E-state index in [1.54, 1.807) is 6.08 Å². The number of benzene rings is 3. The molecule has 0 bridgehead atoms. The van der Waals surface area contributed by atoms with Crippen molar-refractivity contribution in [2.24, 2.45) is 0 Å². The summed E-state index contributed by atoms with van der Waals surface area (Å²) in [6.45, 7) is 0.607. The van der Waals surface area contributed by atoms with Gasteiger partial charge in [0.15, 0.2) is 0 Å². The molecule has 1 aliphatic rings. The van der Waals surface area contributed by atoms with Crippen molar-refractivity contribution in [2.75, 3.05) is 0 Å². The lowest BCUT2D eigenvalue weighted by atomic mass is 10.2. The predicted molar refractivity (Wildman–Crippen MR) is 133 cm³/mol. The monoisotopic (exact) mass is 561 g/mol. The number of carbonyl (C=O) groups excluding carboxylic acids is 2. The molecule has 1 saturated heterocycles. The third-order valence-corrected chi connectivity index (χ3v) is 6.63. The summed E-state index contributed by atoms with van der Waals surface area (Å²) in [5.41, 5.74) is 2.60. The second kappa shape index (κ2) is 9.89. The zero-order valence-electron chi connectivity index (χ0n) is 16.3. The van der Waals surface area contributed by atoms with Crippen LogP contribution in [0.3, 0.4) is 0 Å². The molecule has 0 aromatic heterocycles. The molecule has 0 spiro atoms. The zero-order chi connectivity index (χ0) is 21.8. The van der Waals surface area contributed by atoms with Gasteiger partial charge in [0.05, 0.1) is 11.4 Å². The zero-order valence-corrected chi connectivity index (χ0v) is 20.0. The van der Waals surface area contributed by atoms with Crippen LogP contribution in [0.25, 0.3) is 6.08 Å². The lowest BCUT2D eigenvalue weighted by Gasteiger charge is -2.12. The van der Waals surface area contributed by atoms with Gasteiger partial charge in [0.1, 0.15) is 12.4 Å². The maximum absolute atomic E-state index is 12.8. The number of nitrogens with zero attached hydrogens (tertiary/aromatic N) is 1. The summed E-state index contributed by atoms with van der Waals surface area (Å²) in [7, 11) is 0. The molecule has 7 heteroatoms. The topological polar surface area (TPSA) is 46.6 Å². The van der Waals surface area contributed by atoms with Crippen LogP contribution in [0.5, 0.6) is 5.75 Å². The smallest absolute Gasteiger partial charge is 0.293 e. The normalized spacial score (nSPS) is 15.0. The Morgan fingerprint density at radius 2 is 1.77 bits per heavy atom. The first-order valence-corrected chi connectivity index (χ1v) is 11.7. The second-order valence-electron chi connectivity index (χ2n) is 6.85. The Morgan fingerprint density at radius 3 is 2.55 bits per heavy atom. The Morgan fingerprint density at radius 1 is 1.00 bits per heavy atom. The van der Waals surface area contributed by atoms with Crippen LogP contribution < -0.4 is 4.74 Å². The van der Waals surface area contributed by atoms with Gasteiger partial charge >= 0.3 is 0 Å². The van der Waals surface area contributed by atoms with Crippen LogP contribution in [0.15, 0.2) is 77.7 Å². The van der Waals surface area contributed by atoms with Gasteiger partial charge in [-0.25, -0.2) is 0 Å². The molecule has 0 N–H and O–H groups in total. The van der Waals surface area contributed by atoms with E-state index in [0.717, 1.165) is 32.0 Å². The Labute approximate surface area is 203 Å². The molecule has 3 aromatic rings. The van der Waals surface area contributed by atoms with Crippen molar-refractivity contribution in [2.45, 2.75) is 13.2 Å². The number of ether oxygens (including phenoxy) is 1. The standard InChI is InChI=1S/C24H17ClINO3S/c25-21-7-2-1-5-18(21)15-30-20-6-3-4-17(12-20)13-22-23(28)27(24(29)31-22)14-16-8-10-19(26)11-9-16/h1-13H,14-15H2/b22-13+. The molecule has 4 nitrogen and oxygen atoms in total. The summed E-state index contributed by atoms with van der Waals surface area (Å²) < 4.78 is 6.96. The van der Waals surface area contributed by atoms with Crippen molar-refractivity contribution >= 4 is 63.2 Å². The highest BCUT2D eigenvalue weighted by Gasteiger charge is 2.34. The van der Waals surface area contributed by atoms with E-state index in [-0.39, 0.29) is 17.7 Å². The SMILES string of the molecule is O=C1S/C(=C/c2cccc(OCc3ccccc3Cl)c2)C(=O)N1Cc1ccc(I)cc1. The van der Waals surface area contributed by atoms with Crippen molar-refractivity contribution in [3.8, 4) is 5.75 Å². The van der Waals surface area contributed by atoms with E-state index in [4.69, 9.17) is 16.3 Å². The van der Waals surface area contributed by atoms with Crippen LogP contribution in [0.2, 0.25) is 5.02 Å². The molecule has 0 aliphatic carbocycles. The first kappa shape index (κ1) is 21.9. The quantitative estimate of drug-likeness (QED) is 0.246. The molecule has 1 heterocycles. The molecule has 0 unspecified atom stereocenters. The number of rotatable bonds is 6. The fraction of sp³-hybridized carbons (Fsp3) is 0.0833. The molecule has 2 amide bonds. The van der Waals surface area contributed by atoms with Crippen molar-refractivity contribution in [1.29, 1.82) is 0 Å². The van der Waals surface area contributed by atoms with Gasteiger partial charge in [-0.15, -0.1) is 0 Å². The largest absolute Gasteiger partial charge is 0.489 e. The van der Waals surface area contributed by atoms with E-state index in [0.29, 0.717) is 22.3 Å². The molecule has 0 atom stereocenters. The van der Waals surface area contributed by atoms with E-state index in [2.05, 4.69) is 22.6 Å². The average Bonchev–Trinajstić information content (AvgIpc) is 3.02. The second-order valence-corrected chi connectivity index (χ2v) is 9.49. The minimum absolute atomic E-state index is 0.263. The Kier molecular flexibility index (Phi) is 6.99. The van der Waals surface area contributed by atoms with Gasteiger partial charge in [-0.3, -0.25) is 14.5 Å². The van der Waals surface area contributed by atoms with Crippen molar-refractivity contribution in [3.63, 3.8) is 0 Å². The lowest BCUT2D eigenvalue weighted by Crippen LogP contribution is -2.27. The molecule has 1 fully saturated rings. The van der Waals surface area contributed by atoms with Crippen molar-refractivity contribution < 1.29 is 14.3 Å². The maximum Gasteiger partial charge on any atom is 0.293 e. The molecule has 0 saturated carbocycles. The maximum atomic E-state index is 12.8. The van der Waals surface area contributed by atoms with Crippen molar-refractivity contribution in [1.82, 2.24) is 4.90 Å². The number of carbonyl (C=O) groups is 2. The number of amides is 2. The molecule has 3 aromatic carbocycles. The van der Waals surface area contributed by atoms with Gasteiger partial charge in [-0.1, -0.05) is 54.1 Å². The number of hydrogen-bond acceptors (Lipinski definition) is 4. The lowest BCUT2D eigenvalue weighted by molar-refractivity contribution is -0.123. The number of thioether (sulfide) groups is 1. The third-order valence-electron chi connectivity index (χ3n) is 4.64. The fourth-order valence-corrected chi connectivity index (χ4v) is 4.42. The Hall–Kier alpha value is -2.29. The van der Waals surface area contributed by atoms with E-state index in [1.807, 2.05) is 72.8 Å². The minimum atomic E-state index is -0.282. The van der Waals surface area contributed by atoms with Gasteiger partial charge in [-0.05, 0) is 81.9 Å². The highest BCUT2D eigenvalue weighted by atomic mass is 127. The molecule has 1 aliphatic heterocycles. The van der Waals surface area contributed by atoms with Gasteiger partial charge in [0.25, 0.3) is 11.1 Å². The highest BCUT2D eigenvalue weighted by molar-refractivity contribution is 14.1. The first-order chi connectivity index (χ1) is 15.0. The van der Waals surface area contributed by atoms with E-state index in [1.165, 1.54) is 4.90 Å². The molecule has 31 heavy (non-hydrogen) atoms. The summed E-state index contributed by atoms with van der Waals surface area (Å²) >= 11 is 9.35. The fourth-order valence-electron chi connectivity index (χ4n) is 3.03. The van der Waals surface area contributed by atoms with Crippen LogP contribution in [0, 0.1) is 3.57 Å². The summed E-state index contributed by atoms with van der Waals surface area (Å²) in [6, 6.07) is 22.7. The third kappa shape index (κ3) is 5.50. The summed E-state index contributed by atoms with van der Waals surface area (Å²) in [4.78, 5) is 26.9. The van der Waals surface area contributed by atoms with Crippen LogP contribution >= 0.6 is 46.0 Å². The van der Waals surface area contributed by atoms with E-state index >= 15 is 0 Å². The number of hydrogen-bond donors (Lipinski definition) is 0. The van der Waals surface area contributed by atoms with Crippen LogP contribution in [0.4, 0.5) is 4.79 Å². The minimum Gasteiger partial charge on any atom is -0.489 e. The van der Waals surface area contributed by atoms with E-state index in [9.17, 15) is 9.59 Å². The Bertz CT molecular complexity index is 1160. The van der Waals surface area contributed by atoms with Gasteiger partial charge < -0.3 is 4.74 Å². The molecule has 156 valence electrons. The van der Waals surface area contributed by atoms with Crippen LogP contribution in [-0.2, 0) is 17.9 Å². The highest BCUT2D eigenvalue weighted by Crippen LogP contribution is 2.34. The average molecular weight is 562 g/mol. The molecular formula is C24H17ClINO3S. The molecular weight excluding hydrogens is 545 g/mol. The van der Waals surface area contributed by atoms with Crippen molar-refractivity contribution in [3.05, 3.63) is 103 Å². The summed E-state index contributed by atoms with van der Waals surface area (Å²) in [5, 5.41) is 0.390. The number of imide groups is 1. The molecule has 0 radical (unpaired) electrons. The Balaban J connectivity index is 1.46. The van der Waals surface area contributed by atoms with E-state index < -0.39 is 0 Å². The predicted octanol–water partition coefficient (Wildman–Crippen LogP) is 6.76. The summed E-state index contributed by atoms with van der Waals surface area (Å²) in [5.74, 6) is 0.378. The van der Waals surface area contributed by atoms with Crippen LogP contribution in [-0.4, -0.2) is 16.0 Å². The first-order valence-electron chi connectivity index (χ1n) is 9.46. The van der Waals surface area contributed by atoms with Crippen LogP contribution in [0.1, 0.15) is 16.7 Å². The number of halogens is 2. The van der Waals surface area contributed by atoms with Gasteiger partial charge in [-0.2, -0.15) is 0 Å². The molecule has 4 rings (SSSR count). The van der Waals surface area contributed by atoms with Gasteiger partial charge in [0, 0.05) is 14.2 Å². The summed E-state index contributed by atoms with van der Waals surface area (Å²) in [6.07, 6.45) is 1.72. The van der Waals surface area contributed by atoms with Gasteiger partial charge in [0.2, 0.25) is 0 Å².